The number of nitrogens with two attached hydrogens (primary N) is 1. The van der Waals surface area contributed by atoms with Gasteiger partial charge in [-0.3, -0.25) is 4.98 Å². The maximum atomic E-state index is 5.50. The van der Waals surface area contributed by atoms with Crippen LogP contribution in [0.25, 0.3) is 0 Å². The van der Waals surface area contributed by atoms with E-state index in [9.17, 15) is 0 Å². The topological polar surface area (TPSA) is 73.5 Å². The van der Waals surface area contributed by atoms with Crippen molar-refractivity contribution in [3.05, 3.63) is 18.1 Å². The highest BCUT2D eigenvalue weighted by Gasteiger charge is 2.08. The molecular weight excluding hydrogens is 232 g/mol. The molecule has 1 aromatic rings. The summed E-state index contributed by atoms with van der Waals surface area (Å²) in [6.45, 7) is 3.46. The highest BCUT2D eigenvalue weighted by Crippen LogP contribution is 2.09. The number of hydrogen-bond donors (Lipinski definition) is 1. The Bertz CT molecular complexity index is 318. The molecule has 2 N–H and O–H groups in total. The van der Waals surface area contributed by atoms with Gasteiger partial charge in [0, 0.05) is 40.5 Å². The summed E-state index contributed by atoms with van der Waals surface area (Å²) < 4.78 is 10.2. The van der Waals surface area contributed by atoms with Crippen molar-refractivity contribution in [3.8, 4) is 0 Å². The van der Waals surface area contributed by atoms with Gasteiger partial charge in [0.25, 0.3) is 0 Å². The van der Waals surface area contributed by atoms with Crippen molar-refractivity contribution in [2.24, 2.45) is 5.73 Å². The average Bonchev–Trinajstić information content (AvgIpc) is 2.43. The van der Waals surface area contributed by atoms with Crippen molar-refractivity contribution in [2.45, 2.75) is 13.0 Å². The fourth-order valence-electron chi connectivity index (χ4n) is 1.56. The Morgan fingerprint density at radius 2 is 1.89 bits per heavy atom. The fraction of sp³-hybridized carbons (Fsp3) is 0.667. The molecule has 0 spiro atoms. The Labute approximate surface area is 108 Å². The van der Waals surface area contributed by atoms with E-state index in [1.54, 1.807) is 26.6 Å². The van der Waals surface area contributed by atoms with E-state index in [4.69, 9.17) is 15.2 Å². The number of hydrogen-bond acceptors (Lipinski definition) is 6. The van der Waals surface area contributed by atoms with Gasteiger partial charge in [-0.25, -0.2) is 4.98 Å². The number of rotatable bonds is 9. The monoisotopic (exact) mass is 254 g/mol. The molecule has 0 unspecified atom stereocenters. The third-order valence-electron chi connectivity index (χ3n) is 2.57. The van der Waals surface area contributed by atoms with Gasteiger partial charge >= 0.3 is 0 Å². The molecule has 0 atom stereocenters. The van der Waals surface area contributed by atoms with Crippen molar-refractivity contribution >= 4 is 5.82 Å². The van der Waals surface area contributed by atoms with Gasteiger partial charge in [-0.15, -0.1) is 0 Å². The van der Waals surface area contributed by atoms with Crippen LogP contribution in [0.15, 0.2) is 12.4 Å². The van der Waals surface area contributed by atoms with Crippen LogP contribution in [0.5, 0.6) is 0 Å². The smallest absolute Gasteiger partial charge is 0.147 e. The predicted molar refractivity (Wildman–Crippen MR) is 70.5 cm³/mol. The standard InChI is InChI=1S/C12H22N4O2/c1-17-6-3-4-16(5-7-18-2)12-10-14-11(8-13)9-15-12/h9-10H,3-8,13H2,1-2H3. The van der Waals surface area contributed by atoms with Crippen LogP contribution in [0.2, 0.25) is 0 Å². The minimum Gasteiger partial charge on any atom is -0.385 e. The van der Waals surface area contributed by atoms with Crippen LogP contribution in [0, 0.1) is 0 Å². The molecule has 6 heteroatoms. The van der Waals surface area contributed by atoms with Crippen LogP contribution in [-0.2, 0) is 16.0 Å². The molecule has 1 heterocycles. The second-order valence-corrected chi connectivity index (χ2v) is 3.90. The lowest BCUT2D eigenvalue weighted by molar-refractivity contribution is 0.191. The Morgan fingerprint density at radius 1 is 1.11 bits per heavy atom. The molecule has 0 radical (unpaired) electrons. The first-order valence-corrected chi connectivity index (χ1v) is 6.05. The van der Waals surface area contributed by atoms with E-state index in [-0.39, 0.29) is 0 Å². The van der Waals surface area contributed by atoms with Crippen molar-refractivity contribution in [1.29, 1.82) is 0 Å². The Kier molecular flexibility index (Phi) is 7.24. The number of nitrogens with zero attached hydrogens (tertiary/aromatic N) is 3. The molecular formula is C12H22N4O2. The van der Waals surface area contributed by atoms with Crippen LogP contribution in [-0.4, -0.2) is 50.5 Å². The maximum Gasteiger partial charge on any atom is 0.147 e. The molecule has 0 bridgehead atoms. The molecule has 0 saturated heterocycles. The Balaban J connectivity index is 2.60. The summed E-state index contributed by atoms with van der Waals surface area (Å²) in [5, 5.41) is 0. The Hall–Kier alpha value is -1.24. The SMILES string of the molecule is COCCCN(CCOC)c1cnc(CN)cn1. The molecule has 102 valence electrons. The van der Waals surface area contributed by atoms with Gasteiger partial charge in [-0.1, -0.05) is 0 Å². The summed E-state index contributed by atoms with van der Waals surface area (Å²) in [5.41, 5.74) is 6.30. The predicted octanol–water partition coefficient (Wildman–Crippen LogP) is 0.425. The minimum atomic E-state index is 0.412. The number of methoxy groups -OCH3 is 2. The van der Waals surface area contributed by atoms with Gasteiger partial charge in [0.2, 0.25) is 0 Å². The summed E-state index contributed by atoms with van der Waals surface area (Å²) in [6.07, 6.45) is 4.41. The molecule has 18 heavy (non-hydrogen) atoms. The van der Waals surface area contributed by atoms with E-state index in [0.717, 1.165) is 37.6 Å². The third kappa shape index (κ3) is 4.95. The average molecular weight is 254 g/mol. The second-order valence-electron chi connectivity index (χ2n) is 3.90. The Morgan fingerprint density at radius 3 is 2.44 bits per heavy atom. The van der Waals surface area contributed by atoms with Crippen molar-refractivity contribution in [3.63, 3.8) is 0 Å². The number of aromatic nitrogens is 2. The molecule has 0 aliphatic carbocycles. The lowest BCUT2D eigenvalue weighted by Gasteiger charge is -2.23. The molecule has 0 aliphatic heterocycles. The highest BCUT2D eigenvalue weighted by molar-refractivity contribution is 5.35. The van der Waals surface area contributed by atoms with E-state index < -0.39 is 0 Å². The van der Waals surface area contributed by atoms with E-state index in [1.807, 2.05) is 0 Å². The maximum absolute atomic E-state index is 5.50. The number of anilines is 1. The molecule has 0 fully saturated rings. The molecule has 6 nitrogen and oxygen atoms in total. The first kappa shape index (κ1) is 14.8. The lowest BCUT2D eigenvalue weighted by atomic mass is 10.3. The minimum absolute atomic E-state index is 0.412. The van der Waals surface area contributed by atoms with Gasteiger partial charge in [0.05, 0.1) is 24.7 Å². The van der Waals surface area contributed by atoms with E-state index in [2.05, 4.69) is 14.9 Å². The molecule has 0 aromatic carbocycles. The van der Waals surface area contributed by atoms with Crippen LogP contribution in [0.4, 0.5) is 5.82 Å². The summed E-state index contributed by atoms with van der Waals surface area (Å²) in [6, 6.07) is 0. The second kappa shape index (κ2) is 8.79. The van der Waals surface area contributed by atoms with Gasteiger partial charge in [-0.05, 0) is 6.42 Å². The van der Waals surface area contributed by atoms with Gasteiger partial charge in [-0.2, -0.15) is 0 Å². The lowest BCUT2D eigenvalue weighted by Crippen LogP contribution is -2.30. The first-order chi connectivity index (χ1) is 8.81. The van der Waals surface area contributed by atoms with E-state index in [0.29, 0.717) is 13.2 Å². The van der Waals surface area contributed by atoms with Crippen LogP contribution < -0.4 is 10.6 Å². The van der Waals surface area contributed by atoms with E-state index in [1.165, 1.54) is 0 Å². The summed E-state index contributed by atoms with van der Waals surface area (Å²) in [7, 11) is 3.39. The van der Waals surface area contributed by atoms with Crippen molar-refractivity contribution < 1.29 is 9.47 Å². The highest BCUT2D eigenvalue weighted by atomic mass is 16.5. The molecule has 0 aliphatic rings. The largest absolute Gasteiger partial charge is 0.385 e. The first-order valence-electron chi connectivity index (χ1n) is 6.05. The summed E-state index contributed by atoms with van der Waals surface area (Å²) >= 11 is 0. The molecule has 1 aromatic heterocycles. The normalized spacial score (nSPS) is 10.6. The van der Waals surface area contributed by atoms with Crippen LogP contribution in [0.3, 0.4) is 0 Å². The molecule has 1 rings (SSSR count). The molecule has 0 saturated carbocycles. The fourth-order valence-corrected chi connectivity index (χ4v) is 1.56. The van der Waals surface area contributed by atoms with Crippen molar-refractivity contribution in [2.75, 3.05) is 45.4 Å². The van der Waals surface area contributed by atoms with Gasteiger partial charge in [0.15, 0.2) is 0 Å². The van der Waals surface area contributed by atoms with Gasteiger partial charge < -0.3 is 20.1 Å². The zero-order valence-electron chi connectivity index (χ0n) is 11.1. The summed E-state index contributed by atoms with van der Waals surface area (Å²) in [4.78, 5) is 10.8. The zero-order valence-corrected chi connectivity index (χ0v) is 11.1. The van der Waals surface area contributed by atoms with Crippen molar-refractivity contribution in [1.82, 2.24) is 9.97 Å². The van der Waals surface area contributed by atoms with Crippen LogP contribution in [0.1, 0.15) is 12.1 Å². The number of ether oxygens (including phenoxy) is 2. The van der Waals surface area contributed by atoms with Crippen LogP contribution >= 0.6 is 0 Å². The quantitative estimate of drug-likeness (QED) is 0.644. The molecule has 0 amide bonds. The zero-order chi connectivity index (χ0) is 13.2. The summed E-state index contributed by atoms with van der Waals surface area (Å²) in [5.74, 6) is 0.848. The van der Waals surface area contributed by atoms with Gasteiger partial charge in [0.1, 0.15) is 5.82 Å². The third-order valence-corrected chi connectivity index (χ3v) is 2.57. The van der Waals surface area contributed by atoms with E-state index >= 15 is 0 Å².